The molecule has 1 atom stereocenters. The van der Waals surface area contributed by atoms with E-state index in [-0.39, 0.29) is 11.4 Å². The quantitative estimate of drug-likeness (QED) is 0.917. The molecule has 1 N–H and O–H groups in total. The van der Waals surface area contributed by atoms with Gasteiger partial charge in [0.25, 0.3) is 0 Å². The molecule has 1 aliphatic heterocycles. The fraction of sp³-hybridized carbons (Fsp3) is 0.600. The number of halogens is 2. The summed E-state index contributed by atoms with van der Waals surface area (Å²) in [5, 5.41) is 3.94. The second-order valence-corrected chi connectivity index (χ2v) is 6.40. The molecule has 1 aromatic rings. The molecule has 2 aliphatic rings. The minimum absolute atomic E-state index is 0.171. The van der Waals surface area contributed by atoms with Crippen molar-refractivity contribution < 1.29 is 4.39 Å². The minimum Gasteiger partial charge on any atom is -0.314 e. The summed E-state index contributed by atoms with van der Waals surface area (Å²) in [4.78, 5) is 2.44. The zero-order valence-electron chi connectivity index (χ0n) is 11.3. The van der Waals surface area contributed by atoms with Crippen LogP contribution in [0.5, 0.6) is 0 Å². The number of nitrogens with one attached hydrogen (secondary N) is 1. The maximum absolute atomic E-state index is 13.9. The highest BCUT2D eigenvalue weighted by atomic mass is 35.5. The highest BCUT2D eigenvalue weighted by Gasteiger charge is 2.46. The summed E-state index contributed by atoms with van der Waals surface area (Å²) in [6, 6.07) is 5.00. The van der Waals surface area contributed by atoms with Crippen LogP contribution in [0.15, 0.2) is 18.2 Å². The Balaban J connectivity index is 1.80. The molecule has 1 unspecified atom stereocenters. The summed E-state index contributed by atoms with van der Waals surface area (Å²) in [5.74, 6) is 0.569. The van der Waals surface area contributed by atoms with Gasteiger partial charge in [-0.3, -0.25) is 4.90 Å². The highest BCUT2D eigenvalue weighted by Crippen LogP contribution is 2.44. The molecule has 0 bridgehead atoms. The van der Waals surface area contributed by atoms with Crippen molar-refractivity contribution in [3.05, 3.63) is 34.6 Å². The van der Waals surface area contributed by atoms with Crippen molar-refractivity contribution in [2.24, 2.45) is 5.92 Å². The smallest absolute Gasteiger partial charge is 0.129 e. The molecule has 0 amide bonds. The van der Waals surface area contributed by atoms with Gasteiger partial charge in [0.15, 0.2) is 0 Å². The molecule has 2 fully saturated rings. The van der Waals surface area contributed by atoms with Crippen LogP contribution in [0.3, 0.4) is 0 Å². The zero-order chi connectivity index (χ0) is 13.5. The summed E-state index contributed by atoms with van der Waals surface area (Å²) in [6.07, 6.45) is 2.61. The predicted octanol–water partition coefficient (Wildman–Crippen LogP) is 3.05. The van der Waals surface area contributed by atoms with Crippen LogP contribution in [0.1, 0.15) is 25.3 Å². The SMILES string of the molecule is CC1(C2CC2)CNCCN1Cc1ccc(Cl)cc1F. The molecule has 2 nitrogen and oxygen atoms in total. The van der Waals surface area contributed by atoms with E-state index in [9.17, 15) is 4.39 Å². The minimum atomic E-state index is -0.191. The molecule has 1 aromatic carbocycles. The topological polar surface area (TPSA) is 15.3 Å². The van der Waals surface area contributed by atoms with E-state index in [0.717, 1.165) is 31.1 Å². The number of hydrogen-bond acceptors (Lipinski definition) is 2. The van der Waals surface area contributed by atoms with Crippen molar-refractivity contribution in [3.63, 3.8) is 0 Å². The summed E-state index contributed by atoms with van der Waals surface area (Å²) in [5.41, 5.74) is 0.919. The Labute approximate surface area is 118 Å². The van der Waals surface area contributed by atoms with Crippen LogP contribution in [0.2, 0.25) is 5.02 Å². The van der Waals surface area contributed by atoms with E-state index in [1.165, 1.54) is 18.9 Å². The molecule has 104 valence electrons. The highest BCUT2D eigenvalue weighted by molar-refractivity contribution is 6.30. The van der Waals surface area contributed by atoms with Crippen molar-refractivity contribution in [3.8, 4) is 0 Å². The molecule has 1 heterocycles. The molecule has 19 heavy (non-hydrogen) atoms. The van der Waals surface area contributed by atoms with Gasteiger partial charge in [0, 0.05) is 42.3 Å². The first-order valence-corrected chi connectivity index (χ1v) is 7.37. The number of nitrogens with zero attached hydrogens (tertiary/aromatic N) is 1. The molecule has 1 aliphatic carbocycles. The van der Waals surface area contributed by atoms with Gasteiger partial charge in [-0.15, -0.1) is 0 Å². The van der Waals surface area contributed by atoms with Crippen molar-refractivity contribution >= 4 is 11.6 Å². The Kier molecular flexibility index (Phi) is 3.54. The molecule has 0 aromatic heterocycles. The van der Waals surface area contributed by atoms with Crippen LogP contribution in [-0.4, -0.2) is 30.1 Å². The molecule has 4 heteroatoms. The molecule has 0 spiro atoms. The summed E-state index contributed by atoms with van der Waals surface area (Å²) in [7, 11) is 0. The van der Waals surface area contributed by atoms with Gasteiger partial charge in [-0.05, 0) is 37.8 Å². The van der Waals surface area contributed by atoms with Crippen LogP contribution in [0.25, 0.3) is 0 Å². The summed E-state index contributed by atoms with van der Waals surface area (Å²) >= 11 is 5.81. The molecular weight excluding hydrogens is 263 g/mol. The molecule has 1 saturated carbocycles. The monoisotopic (exact) mass is 282 g/mol. The zero-order valence-corrected chi connectivity index (χ0v) is 12.0. The number of rotatable bonds is 3. The van der Waals surface area contributed by atoms with Gasteiger partial charge in [-0.1, -0.05) is 17.7 Å². The molecule has 0 radical (unpaired) electrons. The lowest BCUT2D eigenvalue weighted by Gasteiger charge is -2.46. The molecule has 1 saturated heterocycles. The lowest BCUT2D eigenvalue weighted by atomic mass is 9.90. The van der Waals surface area contributed by atoms with Crippen molar-refractivity contribution in [2.45, 2.75) is 31.8 Å². The predicted molar refractivity (Wildman–Crippen MR) is 75.8 cm³/mol. The Hall–Kier alpha value is -0.640. The first kappa shape index (κ1) is 13.3. The molecule has 3 rings (SSSR count). The van der Waals surface area contributed by atoms with Crippen LogP contribution in [0, 0.1) is 11.7 Å². The third-order valence-electron chi connectivity index (χ3n) is 4.60. The fourth-order valence-corrected chi connectivity index (χ4v) is 3.30. The van der Waals surface area contributed by atoms with Crippen LogP contribution < -0.4 is 5.32 Å². The average Bonchev–Trinajstić information content (AvgIpc) is 3.19. The maximum atomic E-state index is 13.9. The number of piperazine rings is 1. The second-order valence-electron chi connectivity index (χ2n) is 5.97. The van der Waals surface area contributed by atoms with Crippen molar-refractivity contribution in [1.82, 2.24) is 10.2 Å². The van der Waals surface area contributed by atoms with Gasteiger partial charge in [0.05, 0.1) is 0 Å². The number of hydrogen-bond donors (Lipinski definition) is 1. The fourth-order valence-electron chi connectivity index (χ4n) is 3.15. The van der Waals surface area contributed by atoms with Gasteiger partial charge in [0.1, 0.15) is 5.82 Å². The Bertz CT molecular complexity index is 475. The third kappa shape index (κ3) is 2.64. The lowest BCUT2D eigenvalue weighted by Crippen LogP contribution is -2.60. The largest absolute Gasteiger partial charge is 0.314 e. The van der Waals surface area contributed by atoms with E-state index in [1.54, 1.807) is 6.07 Å². The first-order chi connectivity index (χ1) is 9.09. The van der Waals surface area contributed by atoms with Crippen molar-refractivity contribution in [1.29, 1.82) is 0 Å². The van der Waals surface area contributed by atoms with Crippen LogP contribution in [-0.2, 0) is 6.54 Å². The molecular formula is C15H20ClFN2. The second kappa shape index (κ2) is 5.04. The Morgan fingerprint density at radius 1 is 1.47 bits per heavy atom. The van der Waals surface area contributed by atoms with Gasteiger partial charge in [0.2, 0.25) is 0 Å². The summed E-state index contributed by atoms with van der Waals surface area (Å²) < 4.78 is 13.9. The van der Waals surface area contributed by atoms with E-state index in [1.807, 2.05) is 6.07 Å². The van der Waals surface area contributed by atoms with E-state index in [2.05, 4.69) is 17.1 Å². The van der Waals surface area contributed by atoms with E-state index >= 15 is 0 Å². The Morgan fingerprint density at radius 2 is 2.26 bits per heavy atom. The summed E-state index contributed by atoms with van der Waals surface area (Å²) in [6.45, 7) is 5.96. The first-order valence-electron chi connectivity index (χ1n) is 6.99. The van der Waals surface area contributed by atoms with E-state index in [4.69, 9.17) is 11.6 Å². The Morgan fingerprint density at radius 3 is 2.95 bits per heavy atom. The van der Waals surface area contributed by atoms with Gasteiger partial charge in [-0.25, -0.2) is 4.39 Å². The average molecular weight is 283 g/mol. The van der Waals surface area contributed by atoms with Gasteiger partial charge in [-0.2, -0.15) is 0 Å². The third-order valence-corrected chi connectivity index (χ3v) is 4.83. The van der Waals surface area contributed by atoms with Gasteiger partial charge >= 0.3 is 0 Å². The van der Waals surface area contributed by atoms with E-state index in [0.29, 0.717) is 11.6 Å². The lowest BCUT2D eigenvalue weighted by molar-refractivity contribution is 0.0475. The number of benzene rings is 1. The van der Waals surface area contributed by atoms with E-state index < -0.39 is 0 Å². The normalized spacial score (nSPS) is 28.6. The standard InChI is InChI=1S/C15H20ClFN2/c1-15(12-3-4-12)10-18-6-7-19(15)9-11-2-5-13(16)8-14(11)17/h2,5,8,12,18H,3-4,6-7,9-10H2,1H3. The van der Waals surface area contributed by atoms with Crippen LogP contribution in [0.4, 0.5) is 4.39 Å². The van der Waals surface area contributed by atoms with Crippen molar-refractivity contribution in [2.75, 3.05) is 19.6 Å². The van der Waals surface area contributed by atoms with Gasteiger partial charge < -0.3 is 5.32 Å². The van der Waals surface area contributed by atoms with Crippen LogP contribution >= 0.6 is 11.6 Å². The maximum Gasteiger partial charge on any atom is 0.129 e.